The van der Waals surface area contributed by atoms with E-state index in [0.717, 1.165) is 4.47 Å². The van der Waals surface area contributed by atoms with Crippen LogP contribution in [0.1, 0.15) is 20.0 Å². The van der Waals surface area contributed by atoms with E-state index in [9.17, 15) is 14.4 Å². The second kappa shape index (κ2) is 10.8. The zero-order valence-electron chi connectivity index (χ0n) is 17.1. The quantitative estimate of drug-likeness (QED) is 0.423. The molecule has 0 saturated carbocycles. The number of hydrogen-bond donors (Lipinski definition) is 2. The van der Waals surface area contributed by atoms with E-state index < -0.39 is 24.4 Å². The summed E-state index contributed by atoms with van der Waals surface area (Å²) in [5, 5.41) is 7.08. The Morgan fingerprint density at radius 1 is 0.969 bits per heavy atom. The maximum absolute atomic E-state index is 12.7. The number of carbonyl (C=O) groups excluding carboxylic acids is 3. The molecule has 0 unspecified atom stereocenters. The van der Waals surface area contributed by atoms with Crippen LogP contribution in [0, 0.1) is 0 Å². The Kier molecular flexibility index (Phi) is 7.85. The Labute approximate surface area is 196 Å². The molecule has 2 N–H and O–H groups in total. The number of halogens is 1. The van der Waals surface area contributed by atoms with Crippen molar-refractivity contribution in [3.63, 3.8) is 0 Å². The van der Waals surface area contributed by atoms with E-state index in [-0.39, 0.29) is 17.0 Å². The summed E-state index contributed by atoms with van der Waals surface area (Å²) in [6.45, 7) is -0.512. The molecule has 10 heteroatoms. The fourth-order valence-corrected chi connectivity index (χ4v) is 3.57. The first-order valence-electron chi connectivity index (χ1n) is 9.24. The predicted molar refractivity (Wildman–Crippen MR) is 125 cm³/mol. The first-order valence-corrected chi connectivity index (χ1v) is 10.9. The van der Waals surface area contributed by atoms with Gasteiger partial charge in [-0.2, -0.15) is 0 Å². The van der Waals surface area contributed by atoms with Crippen molar-refractivity contribution < 1.29 is 28.6 Å². The molecular formula is C22H19BrN2O6S. The van der Waals surface area contributed by atoms with Gasteiger partial charge in [0.25, 0.3) is 11.8 Å². The zero-order chi connectivity index (χ0) is 23.1. The van der Waals surface area contributed by atoms with Gasteiger partial charge in [-0.3, -0.25) is 9.59 Å². The number of nitrogens with one attached hydrogen (secondary N) is 2. The van der Waals surface area contributed by atoms with Crippen molar-refractivity contribution in [3.05, 3.63) is 68.8 Å². The Bertz CT molecular complexity index is 1120. The molecule has 3 aromatic rings. The topological polar surface area (TPSA) is 103 Å². The van der Waals surface area contributed by atoms with E-state index >= 15 is 0 Å². The second-order valence-electron chi connectivity index (χ2n) is 6.32. The molecule has 3 rings (SSSR count). The van der Waals surface area contributed by atoms with Crippen LogP contribution in [0.4, 0.5) is 11.4 Å². The maximum Gasteiger partial charge on any atom is 0.340 e. The normalized spacial score (nSPS) is 10.2. The molecule has 0 aliphatic carbocycles. The molecule has 2 aromatic carbocycles. The summed E-state index contributed by atoms with van der Waals surface area (Å²) in [5.74, 6) is -1.12. The molecule has 0 saturated heterocycles. The SMILES string of the molecule is COc1cc(NC(=O)c2cccs2)c(C(=O)OCC(=O)Nc2ccc(Br)cc2)cc1OC. The highest BCUT2D eigenvalue weighted by atomic mass is 79.9. The van der Waals surface area contributed by atoms with Gasteiger partial charge in [-0.25, -0.2) is 4.79 Å². The predicted octanol–water partition coefficient (Wildman–Crippen LogP) is 4.58. The van der Waals surface area contributed by atoms with Crippen LogP contribution in [-0.4, -0.2) is 38.6 Å². The lowest BCUT2D eigenvalue weighted by Gasteiger charge is -2.15. The highest BCUT2D eigenvalue weighted by Crippen LogP contribution is 2.34. The summed E-state index contributed by atoms with van der Waals surface area (Å²) in [5.41, 5.74) is 0.743. The summed E-state index contributed by atoms with van der Waals surface area (Å²) in [6, 6.07) is 13.2. The first kappa shape index (κ1) is 23.3. The van der Waals surface area contributed by atoms with Crippen molar-refractivity contribution in [2.75, 3.05) is 31.5 Å². The van der Waals surface area contributed by atoms with Gasteiger partial charge >= 0.3 is 5.97 Å². The number of carbonyl (C=O) groups is 3. The number of thiophene rings is 1. The zero-order valence-corrected chi connectivity index (χ0v) is 19.5. The third-order valence-electron chi connectivity index (χ3n) is 4.20. The van der Waals surface area contributed by atoms with Gasteiger partial charge < -0.3 is 24.8 Å². The lowest BCUT2D eigenvalue weighted by atomic mass is 10.1. The number of esters is 1. The van der Waals surface area contributed by atoms with E-state index in [4.69, 9.17) is 14.2 Å². The molecule has 0 spiro atoms. The van der Waals surface area contributed by atoms with Crippen molar-refractivity contribution in [1.29, 1.82) is 0 Å². The van der Waals surface area contributed by atoms with Crippen LogP contribution in [0.2, 0.25) is 0 Å². The third-order valence-corrected chi connectivity index (χ3v) is 5.60. The van der Waals surface area contributed by atoms with Crippen LogP contribution in [0.25, 0.3) is 0 Å². The highest BCUT2D eigenvalue weighted by molar-refractivity contribution is 9.10. The van der Waals surface area contributed by atoms with Gasteiger partial charge in [0.2, 0.25) is 0 Å². The average molecular weight is 519 g/mol. The van der Waals surface area contributed by atoms with E-state index in [2.05, 4.69) is 26.6 Å². The molecule has 0 aliphatic rings. The van der Waals surface area contributed by atoms with E-state index in [1.54, 1.807) is 41.8 Å². The van der Waals surface area contributed by atoms with Gasteiger partial charge in [0.05, 0.1) is 30.3 Å². The van der Waals surface area contributed by atoms with Crippen LogP contribution >= 0.6 is 27.3 Å². The minimum Gasteiger partial charge on any atom is -0.493 e. The second-order valence-corrected chi connectivity index (χ2v) is 8.18. The fourth-order valence-electron chi connectivity index (χ4n) is 2.68. The van der Waals surface area contributed by atoms with Gasteiger partial charge in [0.1, 0.15) is 0 Å². The first-order chi connectivity index (χ1) is 15.4. The van der Waals surface area contributed by atoms with Gasteiger partial charge in [-0.15, -0.1) is 11.3 Å². The van der Waals surface area contributed by atoms with Crippen LogP contribution in [0.3, 0.4) is 0 Å². The molecule has 0 radical (unpaired) electrons. The summed E-state index contributed by atoms with van der Waals surface area (Å²) in [6.07, 6.45) is 0. The Balaban J connectivity index is 1.76. The van der Waals surface area contributed by atoms with Gasteiger partial charge in [0.15, 0.2) is 18.1 Å². The maximum atomic E-state index is 12.7. The van der Waals surface area contributed by atoms with E-state index in [0.29, 0.717) is 16.3 Å². The average Bonchev–Trinajstić information content (AvgIpc) is 3.34. The summed E-state index contributed by atoms with van der Waals surface area (Å²) in [4.78, 5) is 37.9. The molecule has 0 bridgehead atoms. The summed E-state index contributed by atoms with van der Waals surface area (Å²) >= 11 is 4.57. The van der Waals surface area contributed by atoms with Crippen molar-refractivity contribution in [2.24, 2.45) is 0 Å². The minimum atomic E-state index is -0.807. The molecule has 8 nitrogen and oxygen atoms in total. The number of hydrogen-bond acceptors (Lipinski definition) is 7. The molecule has 0 atom stereocenters. The largest absolute Gasteiger partial charge is 0.493 e. The summed E-state index contributed by atoms with van der Waals surface area (Å²) in [7, 11) is 2.86. The molecule has 1 heterocycles. The number of amides is 2. The Morgan fingerprint density at radius 3 is 2.28 bits per heavy atom. The monoisotopic (exact) mass is 518 g/mol. The molecule has 2 amide bonds. The molecule has 0 aliphatic heterocycles. The van der Waals surface area contributed by atoms with Gasteiger partial charge in [-0.05, 0) is 35.7 Å². The summed E-state index contributed by atoms with van der Waals surface area (Å²) < 4.78 is 16.5. The van der Waals surface area contributed by atoms with Crippen molar-refractivity contribution in [2.45, 2.75) is 0 Å². The highest BCUT2D eigenvalue weighted by Gasteiger charge is 2.21. The number of methoxy groups -OCH3 is 2. The van der Waals surface area contributed by atoms with E-state index in [1.807, 2.05) is 0 Å². The molecule has 32 heavy (non-hydrogen) atoms. The van der Waals surface area contributed by atoms with Crippen LogP contribution < -0.4 is 20.1 Å². The lowest BCUT2D eigenvalue weighted by molar-refractivity contribution is -0.119. The number of rotatable bonds is 8. The fraction of sp³-hybridized carbons (Fsp3) is 0.136. The van der Waals surface area contributed by atoms with Crippen molar-refractivity contribution >= 4 is 56.4 Å². The number of ether oxygens (including phenoxy) is 3. The lowest BCUT2D eigenvalue weighted by Crippen LogP contribution is -2.22. The third kappa shape index (κ3) is 5.86. The number of benzene rings is 2. The standard InChI is InChI=1S/C22H19BrN2O6S/c1-29-17-10-15(16(11-18(17)30-2)25-21(27)19-4-3-9-32-19)22(28)31-12-20(26)24-14-7-5-13(23)6-8-14/h3-11H,12H2,1-2H3,(H,24,26)(H,25,27). The minimum absolute atomic E-state index is 0.0176. The van der Waals surface area contributed by atoms with Crippen molar-refractivity contribution in [3.8, 4) is 11.5 Å². The van der Waals surface area contributed by atoms with Crippen molar-refractivity contribution in [1.82, 2.24) is 0 Å². The molecule has 1 aromatic heterocycles. The number of anilines is 2. The molecular weight excluding hydrogens is 500 g/mol. The molecule has 0 fully saturated rings. The van der Waals surface area contributed by atoms with Gasteiger partial charge in [0, 0.05) is 22.3 Å². The van der Waals surface area contributed by atoms with Crippen LogP contribution in [0.5, 0.6) is 11.5 Å². The van der Waals surface area contributed by atoms with Gasteiger partial charge in [-0.1, -0.05) is 22.0 Å². The van der Waals surface area contributed by atoms with E-state index in [1.165, 1.54) is 37.7 Å². The molecule has 166 valence electrons. The Morgan fingerprint density at radius 2 is 1.66 bits per heavy atom. The smallest absolute Gasteiger partial charge is 0.340 e. The van der Waals surface area contributed by atoms with Crippen LogP contribution in [0.15, 0.2) is 58.4 Å². The van der Waals surface area contributed by atoms with Crippen LogP contribution in [-0.2, 0) is 9.53 Å². The Hall–Kier alpha value is -3.37.